The standard InChI is InChI=1S/C20H27F2N5.HI/c1-11(9-14-12(2)26-27(5)13(14)3)24-20(23-4)25-18-10-15(18)19-16(21)7-6-8-17(19)22;/h6-8,11,15,18H,9-10H2,1-5H3,(H2,23,24,25);1H. The Kier molecular flexibility index (Phi) is 7.41. The Morgan fingerprint density at radius 1 is 1.32 bits per heavy atom. The minimum atomic E-state index is -0.483. The molecular weight excluding hydrogens is 475 g/mol. The van der Waals surface area contributed by atoms with Gasteiger partial charge < -0.3 is 10.6 Å². The van der Waals surface area contributed by atoms with Crippen molar-refractivity contribution in [3.05, 3.63) is 52.3 Å². The second-order valence-electron chi connectivity index (χ2n) is 7.32. The molecule has 28 heavy (non-hydrogen) atoms. The summed E-state index contributed by atoms with van der Waals surface area (Å²) in [7, 11) is 3.64. The van der Waals surface area contributed by atoms with Gasteiger partial charge in [0.1, 0.15) is 11.6 Å². The molecule has 5 nitrogen and oxygen atoms in total. The maximum absolute atomic E-state index is 13.9. The molecular formula is C20H28F2IN5. The summed E-state index contributed by atoms with van der Waals surface area (Å²) in [5.74, 6) is -0.486. The number of nitrogens with one attached hydrogen (secondary N) is 2. The van der Waals surface area contributed by atoms with E-state index in [0.29, 0.717) is 12.4 Å². The van der Waals surface area contributed by atoms with E-state index in [-0.39, 0.29) is 47.5 Å². The number of benzene rings is 1. The molecule has 2 aromatic rings. The molecule has 0 saturated heterocycles. The monoisotopic (exact) mass is 503 g/mol. The highest BCUT2D eigenvalue weighted by molar-refractivity contribution is 14.0. The quantitative estimate of drug-likeness (QED) is 0.373. The number of rotatable bonds is 5. The molecule has 1 fully saturated rings. The summed E-state index contributed by atoms with van der Waals surface area (Å²) in [5.41, 5.74) is 3.58. The fourth-order valence-electron chi connectivity index (χ4n) is 3.59. The van der Waals surface area contributed by atoms with E-state index in [0.717, 1.165) is 17.8 Å². The molecule has 154 valence electrons. The summed E-state index contributed by atoms with van der Waals surface area (Å²) in [5, 5.41) is 11.1. The number of aryl methyl sites for hydroxylation is 2. The van der Waals surface area contributed by atoms with Crippen molar-refractivity contribution in [3.63, 3.8) is 0 Å². The number of aliphatic imine (C=N–C) groups is 1. The van der Waals surface area contributed by atoms with E-state index in [4.69, 9.17) is 0 Å². The van der Waals surface area contributed by atoms with Crippen molar-refractivity contribution in [2.75, 3.05) is 7.05 Å². The number of aromatic nitrogens is 2. The average Bonchev–Trinajstić information content (AvgIpc) is 3.31. The second kappa shape index (κ2) is 9.19. The number of guanidine groups is 1. The van der Waals surface area contributed by atoms with E-state index in [9.17, 15) is 8.78 Å². The van der Waals surface area contributed by atoms with E-state index < -0.39 is 11.6 Å². The number of halogens is 3. The fraction of sp³-hybridized carbons (Fsp3) is 0.500. The van der Waals surface area contributed by atoms with E-state index in [1.54, 1.807) is 7.05 Å². The summed E-state index contributed by atoms with van der Waals surface area (Å²) in [6.45, 7) is 6.16. The van der Waals surface area contributed by atoms with Gasteiger partial charge in [-0.3, -0.25) is 9.67 Å². The van der Waals surface area contributed by atoms with Crippen LogP contribution in [0, 0.1) is 25.5 Å². The van der Waals surface area contributed by atoms with Crippen molar-refractivity contribution in [1.82, 2.24) is 20.4 Å². The highest BCUT2D eigenvalue weighted by atomic mass is 127. The first-order chi connectivity index (χ1) is 12.8. The third-order valence-corrected chi connectivity index (χ3v) is 5.26. The van der Waals surface area contributed by atoms with Crippen molar-refractivity contribution >= 4 is 29.9 Å². The van der Waals surface area contributed by atoms with Crippen LogP contribution in [0.15, 0.2) is 23.2 Å². The second-order valence-corrected chi connectivity index (χ2v) is 7.32. The predicted molar refractivity (Wildman–Crippen MR) is 118 cm³/mol. The van der Waals surface area contributed by atoms with Gasteiger partial charge in [-0.15, -0.1) is 24.0 Å². The molecule has 1 aromatic heterocycles. The van der Waals surface area contributed by atoms with Crippen molar-refractivity contribution in [1.29, 1.82) is 0 Å². The SMILES string of the molecule is CN=C(NC(C)Cc1c(C)nn(C)c1C)NC1CC1c1c(F)cccc1F.I. The van der Waals surface area contributed by atoms with Gasteiger partial charge in [0, 0.05) is 43.4 Å². The molecule has 3 atom stereocenters. The minimum absolute atomic E-state index is 0. The Labute approximate surface area is 182 Å². The number of nitrogens with zero attached hydrogens (tertiary/aromatic N) is 3. The smallest absolute Gasteiger partial charge is 0.191 e. The molecule has 0 amide bonds. The maximum Gasteiger partial charge on any atom is 0.191 e. The van der Waals surface area contributed by atoms with Gasteiger partial charge in [0.15, 0.2) is 5.96 Å². The first-order valence-corrected chi connectivity index (χ1v) is 9.24. The van der Waals surface area contributed by atoms with Gasteiger partial charge in [0.2, 0.25) is 0 Å². The van der Waals surface area contributed by atoms with Gasteiger partial charge in [-0.1, -0.05) is 6.07 Å². The summed E-state index contributed by atoms with van der Waals surface area (Å²) in [4.78, 5) is 4.26. The lowest BCUT2D eigenvalue weighted by Gasteiger charge is -2.18. The molecule has 3 rings (SSSR count). The van der Waals surface area contributed by atoms with Gasteiger partial charge in [0.05, 0.1) is 5.69 Å². The lowest BCUT2D eigenvalue weighted by Crippen LogP contribution is -2.44. The molecule has 0 bridgehead atoms. The van der Waals surface area contributed by atoms with Crippen molar-refractivity contribution in [2.45, 2.75) is 51.6 Å². The molecule has 0 radical (unpaired) electrons. The first-order valence-electron chi connectivity index (χ1n) is 9.24. The highest BCUT2D eigenvalue weighted by Crippen LogP contribution is 2.43. The zero-order valence-electron chi connectivity index (χ0n) is 16.9. The van der Waals surface area contributed by atoms with Crippen LogP contribution in [0.4, 0.5) is 8.78 Å². The predicted octanol–water partition coefficient (Wildman–Crippen LogP) is 3.59. The summed E-state index contributed by atoms with van der Waals surface area (Å²) < 4.78 is 29.8. The van der Waals surface area contributed by atoms with Crippen LogP contribution in [0.25, 0.3) is 0 Å². The van der Waals surface area contributed by atoms with E-state index in [2.05, 4.69) is 34.6 Å². The number of hydrogen-bond acceptors (Lipinski definition) is 2. The van der Waals surface area contributed by atoms with Gasteiger partial charge >= 0.3 is 0 Å². The molecule has 1 saturated carbocycles. The van der Waals surface area contributed by atoms with Crippen LogP contribution >= 0.6 is 24.0 Å². The van der Waals surface area contributed by atoms with E-state index in [1.807, 2.05) is 18.7 Å². The van der Waals surface area contributed by atoms with Gasteiger partial charge in [-0.05, 0) is 51.3 Å². The van der Waals surface area contributed by atoms with Crippen molar-refractivity contribution in [2.24, 2.45) is 12.0 Å². The Morgan fingerprint density at radius 3 is 2.50 bits per heavy atom. The third kappa shape index (κ3) is 4.82. The normalized spacial score (nSPS) is 19.8. The highest BCUT2D eigenvalue weighted by Gasteiger charge is 2.42. The van der Waals surface area contributed by atoms with Crippen LogP contribution in [0.5, 0.6) is 0 Å². The zero-order valence-corrected chi connectivity index (χ0v) is 19.2. The first kappa shape index (κ1) is 22.6. The lowest BCUT2D eigenvalue weighted by molar-refractivity contribution is 0.553. The van der Waals surface area contributed by atoms with Crippen LogP contribution in [-0.2, 0) is 13.5 Å². The van der Waals surface area contributed by atoms with Gasteiger partial charge in [-0.25, -0.2) is 8.78 Å². The largest absolute Gasteiger partial charge is 0.354 e. The molecule has 1 aromatic carbocycles. The number of hydrogen-bond donors (Lipinski definition) is 2. The summed E-state index contributed by atoms with van der Waals surface area (Å²) >= 11 is 0. The molecule has 1 aliphatic carbocycles. The summed E-state index contributed by atoms with van der Waals surface area (Å²) in [6.07, 6.45) is 1.51. The molecule has 1 heterocycles. The Morgan fingerprint density at radius 2 is 1.96 bits per heavy atom. The van der Waals surface area contributed by atoms with Gasteiger partial charge in [-0.2, -0.15) is 5.10 Å². The van der Waals surface area contributed by atoms with Crippen LogP contribution in [0.3, 0.4) is 0 Å². The average molecular weight is 503 g/mol. The third-order valence-electron chi connectivity index (χ3n) is 5.26. The molecule has 3 unspecified atom stereocenters. The van der Waals surface area contributed by atoms with Crippen LogP contribution in [0.2, 0.25) is 0 Å². The fourth-order valence-corrected chi connectivity index (χ4v) is 3.59. The Bertz CT molecular complexity index is 844. The van der Waals surface area contributed by atoms with E-state index in [1.165, 1.54) is 23.8 Å². The lowest BCUT2D eigenvalue weighted by atomic mass is 10.1. The molecule has 0 spiro atoms. The van der Waals surface area contributed by atoms with Crippen LogP contribution < -0.4 is 10.6 Å². The van der Waals surface area contributed by atoms with Crippen LogP contribution in [-0.4, -0.2) is 34.9 Å². The molecule has 2 N–H and O–H groups in total. The Hall–Kier alpha value is -1.71. The summed E-state index contributed by atoms with van der Waals surface area (Å²) in [6, 6.07) is 4.13. The maximum atomic E-state index is 13.9. The molecule has 0 aliphatic heterocycles. The Balaban J connectivity index is 0.00000280. The topological polar surface area (TPSA) is 54.2 Å². The minimum Gasteiger partial charge on any atom is -0.354 e. The molecule has 1 aliphatic rings. The zero-order chi connectivity index (χ0) is 19.7. The molecule has 8 heteroatoms. The van der Waals surface area contributed by atoms with Crippen molar-refractivity contribution < 1.29 is 8.78 Å². The van der Waals surface area contributed by atoms with Crippen molar-refractivity contribution in [3.8, 4) is 0 Å². The van der Waals surface area contributed by atoms with Gasteiger partial charge in [0.25, 0.3) is 0 Å². The van der Waals surface area contributed by atoms with E-state index >= 15 is 0 Å². The van der Waals surface area contributed by atoms with Crippen LogP contribution in [0.1, 0.15) is 41.8 Å².